The van der Waals surface area contributed by atoms with Crippen LogP contribution in [0, 0.1) is 5.82 Å². The van der Waals surface area contributed by atoms with Gasteiger partial charge in [-0.05, 0) is 23.8 Å². The normalized spacial score (nSPS) is 10.2. The zero-order valence-corrected chi connectivity index (χ0v) is 10.2. The first-order valence-corrected chi connectivity index (χ1v) is 5.79. The highest BCUT2D eigenvalue weighted by molar-refractivity contribution is 5.79. The van der Waals surface area contributed by atoms with Crippen molar-refractivity contribution in [2.45, 2.75) is 6.61 Å². The lowest BCUT2D eigenvalue weighted by atomic mass is 10.2. The van der Waals surface area contributed by atoms with Crippen LogP contribution in [0.2, 0.25) is 0 Å². The molecule has 0 amide bonds. The predicted molar refractivity (Wildman–Crippen MR) is 68.5 cm³/mol. The summed E-state index contributed by atoms with van der Waals surface area (Å²) in [5.74, 6) is -0.163. The van der Waals surface area contributed by atoms with E-state index in [0.29, 0.717) is 18.6 Å². The molecule has 0 saturated carbocycles. The van der Waals surface area contributed by atoms with Gasteiger partial charge in [0.05, 0.1) is 12.2 Å². The van der Waals surface area contributed by atoms with Crippen molar-refractivity contribution in [2.75, 3.05) is 6.79 Å². The van der Waals surface area contributed by atoms with Gasteiger partial charge in [0.25, 0.3) is 0 Å². The van der Waals surface area contributed by atoms with E-state index in [1.165, 1.54) is 12.1 Å². The highest BCUT2D eigenvalue weighted by atomic mass is 19.1. The molecule has 0 bridgehead atoms. The lowest BCUT2D eigenvalue weighted by molar-refractivity contribution is 0.00473. The molecule has 0 atom stereocenters. The second kappa shape index (κ2) is 6.66. The van der Waals surface area contributed by atoms with Crippen LogP contribution in [0.4, 0.5) is 4.39 Å². The summed E-state index contributed by atoms with van der Waals surface area (Å²) in [7, 11) is 0. The Morgan fingerprint density at radius 3 is 2.63 bits per heavy atom. The minimum atomic E-state index is -0.473. The van der Waals surface area contributed by atoms with E-state index in [1.807, 2.05) is 30.3 Å². The van der Waals surface area contributed by atoms with Crippen molar-refractivity contribution < 1.29 is 18.7 Å². The smallest absolute Gasteiger partial charge is 0.189 e. The summed E-state index contributed by atoms with van der Waals surface area (Å²) in [6, 6.07) is 13.4. The molecule has 2 aromatic rings. The minimum Gasteiger partial charge on any atom is -0.467 e. The van der Waals surface area contributed by atoms with Gasteiger partial charge in [0.1, 0.15) is 11.6 Å². The second-order valence-electron chi connectivity index (χ2n) is 3.90. The van der Waals surface area contributed by atoms with E-state index in [1.54, 1.807) is 0 Å². The SMILES string of the molecule is O=Cc1cc(F)ccc1OCOCc1ccccc1. The average molecular weight is 260 g/mol. The lowest BCUT2D eigenvalue weighted by Crippen LogP contribution is -2.04. The quantitative estimate of drug-likeness (QED) is 0.454. The molecule has 0 aliphatic carbocycles. The summed E-state index contributed by atoms with van der Waals surface area (Å²) in [5, 5.41) is 0. The summed E-state index contributed by atoms with van der Waals surface area (Å²) >= 11 is 0. The van der Waals surface area contributed by atoms with Crippen molar-refractivity contribution in [1.29, 1.82) is 0 Å². The Labute approximate surface area is 110 Å². The van der Waals surface area contributed by atoms with Gasteiger partial charge in [-0.3, -0.25) is 4.79 Å². The lowest BCUT2D eigenvalue weighted by Gasteiger charge is -2.09. The number of carbonyl (C=O) groups is 1. The summed E-state index contributed by atoms with van der Waals surface area (Å²) in [6.45, 7) is 0.416. The molecule has 0 N–H and O–H groups in total. The van der Waals surface area contributed by atoms with Crippen LogP contribution in [0.5, 0.6) is 5.75 Å². The van der Waals surface area contributed by atoms with Crippen molar-refractivity contribution in [3.05, 3.63) is 65.5 Å². The van der Waals surface area contributed by atoms with Crippen LogP contribution in [-0.4, -0.2) is 13.1 Å². The van der Waals surface area contributed by atoms with Gasteiger partial charge < -0.3 is 9.47 Å². The van der Waals surface area contributed by atoms with Gasteiger partial charge in [-0.1, -0.05) is 30.3 Å². The van der Waals surface area contributed by atoms with Gasteiger partial charge in [-0.15, -0.1) is 0 Å². The van der Waals surface area contributed by atoms with E-state index in [2.05, 4.69) is 0 Å². The van der Waals surface area contributed by atoms with Gasteiger partial charge in [-0.2, -0.15) is 0 Å². The number of carbonyl (C=O) groups excluding carboxylic acids is 1. The van der Waals surface area contributed by atoms with Crippen LogP contribution in [0.25, 0.3) is 0 Å². The second-order valence-corrected chi connectivity index (χ2v) is 3.90. The molecule has 0 heterocycles. The van der Waals surface area contributed by atoms with Crippen LogP contribution in [0.1, 0.15) is 15.9 Å². The van der Waals surface area contributed by atoms with Gasteiger partial charge >= 0.3 is 0 Å². The molecule has 0 saturated heterocycles. The maximum absolute atomic E-state index is 12.9. The van der Waals surface area contributed by atoms with Gasteiger partial charge in [0, 0.05) is 0 Å². The largest absolute Gasteiger partial charge is 0.467 e. The molecule has 2 rings (SSSR count). The zero-order chi connectivity index (χ0) is 13.5. The number of hydrogen-bond acceptors (Lipinski definition) is 3. The fourth-order valence-corrected chi connectivity index (χ4v) is 1.58. The van der Waals surface area contributed by atoms with E-state index in [0.717, 1.165) is 11.6 Å². The van der Waals surface area contributed by atoms with E-state index in [4.69, 9.17) is 9.47 Å². The standard InChI is InChI=1S/C15H13FO3/c16-14-6-7-15(13(8-14)9-17)19-11-18-10-12-4-2-1-3-5-12/h1-9H,10-11H2. The van der Waals surface area contributed by atoms with E-state index < -0.39 is 5.82 Å². The fraction of sp³-hybridized carbons (Fsp3) is 0.133. The Morgan fingerprint density at radius 1 is 1.11 bits per heavy atom. The summed E-state index contributed by atoms with van der Waals surface area (Å²) < 4.78 is 23.5. The first-order chi connectivity index (χ1) is 9.29. The molecule has 0 aliphatic heterocycles. The zero-order valence-electron chi connectivity index (χ0n) is 10.2. The maximum atomic E-state index is 12.9. The minimum absolute atomic E-state index is 0.00136. The number of halogens is 1. The molecule has 19 heavy (non-hydrogen) atoms. The molecule has 98 valence electrons. The highest BCUT2D eigenvalue weighted by Gasteiger charge is 2.04. The van der Waals surface area contributed by atoms with Crippen LogP contribution in [0.15, 0.2) is 48.5 Å². The Morgan fingerprint density at radius 2 is 1.89 bits per heavy atom. The molecule has 0 aromatic heterocycles. The van der Waals surface area contributed by atoms with Crippen LogP contribution in [0.3, 0.4) is 0 Å². The molecular weight excluding hydrogens is 247 g/mol. The average Bonchev–Trinajstić information content (AvgIpc) is 2.46. The number of hydrogen-bond donors (Lipinski definition) is 0. The van der Waals surface area contributed by atoms with Crippen LogP contribution < -0.4 is 4.74 Å². The molecule has 0 unspecified atom stereocenters. The third kappa shape index (κ3) is 3.89. The summed E-state index contributed by atoms with van der Waals surface area (Å²) in [4.78, 5) is 10.7. The summed E-state index contributed by atoms with van der Waals surface area (Å²) in [6.07, 6.45) is 0.551. The van der Waals surface area contributed by atoms with Crippen molar-refractivity contribution in [2.24, 2.45) is 0 Å². The van der Waals surface area contributed by atoms with Crippen molar-refractivity contribution >= 4 is 6.29 Å². The first kappa shape index (κ1) is 13.2. The molecule has 0 radical (unpaired) electrons. The summed E-state index contributed by atoms with van der Waals surface area (Å²) in [5.41, 5.74) is 1.20. The number of rotatable bonds is 6. The van der Waals surface area contributed by atoms with E-state index in [9.17, 15) is 9.18 Å². The van der Waals surface area contributed by atoms with E-state index in [-0.39, 0.29) is 12.4 Å². The van der Waals surface area contributed by atoms with E-state index >= 15 is 0 Å². The molecule has 2 aromatic carbocycles. The molecule has 4 heteroatoms. The fourth-order valence-electron chi connectivity index (χ4n) is 1.58. The third-order valence-corrected chi connectivity index (χ3v) is 2.51. The number of benzene rings is 2. The van der Waals surface area contributed by atoms with Gasteiger partial charge in [0.15, 0.2) is 13.1 Å². The molecule has 0 aliphatic rings. The molecular formula is C15H13FO3. The highest BCUT2D eigenvalue weighted by Crippen LogP contribution is 2.17. The van der Waals surface area contributed by atoms with Crippen molar-refractivity contribution in [3.63, 3.8) is 0 Å². The molecule has 3 nitrogen and oxygen atoms in total. The maximum Gasteiger partial charge on any atom is 0.189 e. The Bertz CT molecular complexity index is 540. The Balaban J connectivity index is 1.84. The number of aldehydes is 1. The van der Waals surface area contributed by atoms with Crippen molar-refractivity contribution in [3.8, 4) is 5.75 Å². The van der Waals surface area contributed by atoms with Crippen molar-refractivity contribution in [1.82, 2.24) is 0 Å². The third-order valence-electron chi connectivity index (χ3n) is 2.51. The van der Waals surface area contributed by atoms with Gasteiger partial charge in [0.2, 0.25) is 0 Å². The predicted octanol–water partition coefficient (Wildman–Crippen LogP) is 3.19. The Hall–Kier alpha value is -2.20. The van der Waals surface area contributed by atoms with Crippen LogP contribution in [-0.2, 0) is 11.3 Å². The monoisotopic (exact) mass is 260 g/mol. The van der Waals surface area contributed by atoms with Crippen LogP contribution >= 0.6 is 0 Å². The topological polar surface area (TPSA) is 35.5 Å². The Kier molecular flexibility index (Phi) is 4.64. The molecule has 0 spiro atoms. The molecule has 0 fully saturated rings. The van der Waals surface area contributed by atoms with Gasteiger partial charge in [-0.25, -0.2) is 4.39 Å². The number of ether oxygens (including phenoxy) is 2. The first-order valence-electron chi connectivity index (χ1n) is 5.79.